The quantitative estimate of drug-likeness (QED) is 0.845. The maximum atomic E-state index is 11.9. The molecule has 1 atom stereocenters. The molecule has 0 saturated carbocycles. The van der Waals surface area contributed by atoms with Crippen LogP contribution in [0.2, 0.25) is 0 Å². The Kier molecular flexibility index (Phi) is 3.49. The number of ether oxygens (including phenoxy) is 1. The van der Waals surface area contributed by atoms with Crippen molar-refractivity contribution < 1.29 is 9.53 Å². The van der Waals surface area contributed by atoms with Gasteiger partial charge in [-0.05, 0) is 19.8 Å². The highest BCUT2D eigenvalue weighted by Gasteiger charge is 2.28. The van der Waals surface area contributed by atoms with Crippen LogP contribution in [0.1, 0.15) is 19.8 Å². The van der Waals surface area contributed by atoms with Gasteiger partial charge >= 0.3 is 5.97 Å². The first-order valence-corrected chi connectivity index (χ1v) is 6.85. The van der Waals surface area contributed by atoms with Gasteiger partial charge < -0.3 is 9.64 Å². The fourth-order valence-electron chi connectivity index (χ4n) is 2.63. The molecule has 1 N–H and O–H groups in total. The van der Waals surface area contributed by atoms with Crippen molar-refractivity contribution in [3.05, 3.63) is 12.5 Å². The van der Waals surface area contributed by atoms with Crippen molar-refractivity contribution in [3.8, 4) is 0 Å². The molecule has 1 fully saturated rings. The molecule has 2 aromatic rings. The minimum atomic E-state index is -0.116. The molecular weight excluding hydrogens is 258 g/mol. The molecule has 1 aliphatic rings. The predicted molar refractivity (Wildman–Crippen MR) is 73.3 cm³/mol. The maximum absolute atomic E-state index is 11.9. The van der Waals surface area contributed by atoms with E-state index in [0.717, 1.165) is 30.6 Å². The van der Waals surface area contributed by atoms with Gasteiger partial charge in [-0.25, -0.2) is 9.97 Å². The summed E-state index contributed by atoms with van der Waals surface area (Å²) in [7, 11) is 0. The van der Waals surface area contributed by atoms with Gasteiger partial charge in [0, 0.05) is 13.1 Å². The molecule has 1 saturated heterocycles. The third kappa shape index (κ3) is 2.31. The molecule has 0 aliphatic carbocycles. The molecule has 20 heavy (non-hydrogen) atoms. The average Bonchev–Trinajstić information content (AvgIpc) is 2.96. The number of fused-ring (bicyclic) bond motifs is 1. The van der Waals surface area contributed by atoms with Crippen molar-refractivity contribution in [2.24, 2.45) is 5.92 Å². The van der Waals surface area contributed by atoms with Gasteiger partial charge in [0.2, 0.25) is 0 Å². The van der Waals surface area contributed by atoms with Gasteiger partial charge in [0.05, 0.1) is 24.1 Å². The summed E-state index contributed by atoms with van der Waals surface area (Å²) in [5.41, 5.74) is 0.716. The fourth-order valence-corrected chi connectivity index (χ4v) is 2.63. The molecule has 2 aromatic heterocycles. The number of piperidine rings is 1. The summed E-state index contributed by atoms with van der Waals surface area (Å²) >= 11 is 0. The Balaban J connectivity index is 1.83. The lowest BCUT2D eigenvalue weighted by molar-refractivity contribution is -0.148. The van der Waals surface area contributed by atoms with Crippen LogP contribution in [0.4, 0.5) is 5.82 Å². The number of carbonyl (C=O) groups excluding carboxylic acids is 1. The molecule has 7 nitrogen and oxygen atoms in total. The zero-order valence-electron chi connectivity index (χ0n) is 11.4. The summed E-state index contributed by atoms with van der Waals surface area (Å²) in [6.45, 7) is 3.77. The zero-order valence-corrected chi connectivity index (χ0v) is 11.4. The molecule has 0 aromatic carbocycles. The molecule has 106 valence electrons. The summed E-state index contributed by atoms with van der Waals surface area (Å²) in [4.78, 5) is 22.5. The molecule has 0 bridgehead atoms. The second-order valence-electron chi connectivity index (χ2n) is 4.87. The largest absolute Gasteiger partial charge is 0.466 e. The van der Waals surface area contributed by atoms with Gasteiger partial charge in [0.25, 0.3) is 0 Å². The predicted octanol–water partition coefficient (Wildman–Crippen LogP) is 1.13. The van der Waals surface area contributed by atoms with Gasteiger partial charge in [0.1, 0.15) is 12.1 Å². The topological polar surface area (TPSA) is 84.0 Å². The minimum absolute atomic E-state index is 0.0828. The summed E-state index contributed by atoms with van der Waals surface area (Å²) < 4.78 is 5.12. The first-order valence-electron chi connectivity index (χ1n) is 6.85. The van der Waals surface area contributed by atoms with Crippen LogP contribution in [0.15, 0.2) is 12.5 Å². The number of nitrogens with zero attached hydrogens (tertiary/aromatic N) is 4. The van der Waals surface area contributed by atoms with Gasteiger partial charge in [-0.1, -0.05) is 0 Å². The molecule has 7 heteroatoms. The van der Waals surface area contributed by atoms with Gasteiger partial charge in [-0.2, -0.15) is 5.10 Å². The van der Waals surface area contributed by atoms with Crippen LogP contribution in [0.5, 0.6) is 0 Å². The Morgan fingerprint density at radius 1 is 1.55 bits per heavy atom. The average molecular weight is 275 g/mol. The fraction of sp³-hybridized carbons (Fsp3) is 0.538. The number of nitrogens with one attached hydrogen (secondary N) is 1. The van der Waals surface area contributed by atoms with Crippen molar-refractivity contribution in [2.75, 3.05) is 24.6 Å². The van der Waals surface area contributed by atoms with Gasteiger partial charge in [-0.3, -0.25) is 9.89 Å². The number of esters is 1. The summed E-state index contributed by atoms with van der Waals surface area (Å²) in [5, 5.41) is 7.71. The van der Waals surface area contributed by atoms with Gasteiger partial charge in [0.15, 0.2) is 5.65 Å². The number of carbonyl (C=O) groups is 1. The number of H-pyrrole nitrogens is 1. The van der Waals surface area contributed by atoms with Crippen molar-refractivity contribution >= 4 is 22.8 Å². The van der Waals surface area contributed by atoms with E-state index in [1.165, 1.54) is 6.33 Å². The van der Waals surface area contributed by atoms with Crippen LogP contribution in [0.25, 0.3) is 11.0 Å². The second-order valence-corrected chi connectivity index (χ2v) is 4.87. The lowest BCUT2D eigenvalue weighted by Gasteiger charge is -2.32. The van der Waals surface area contributed by atoms with E-state index in [1.807, 2.05) is 6.92 Å². The van der Waals surface area contributed by atoms with E-state index in [2.05, 4.69) is 25.1 Å². The Morgan fingerprint density at radius 3 is 3.30 bits per heavy atom. The third-order valence-electron chi connectivity index (χ3n) is 3.57. The SMILES string of the molecule is CCOC(=O)[C@@H]1CCCN(c2ncnc3[nH]ncc23)C1. The summed E-state index contributed by atoms with van der Waals surface area (Å²) in [6.07, 6.45) is 5.06. The molecule has 0 radical (unpaired) electrons. The third-order valence-corrected chi connectivity index (χ3v) is 3.57. The van der Waals surface area contributed by atoms with E-state index in [-0.39, 0.29) is 11.9 Å². The van der Waals surface area contributed by atoms with Crippen molar-refractivity contribution in [2.45, 2.75) is 19.8 Å². The Labute approximate surface area is 116 Å². The monoisotopic (exact) mass is 275 g/mol. The van der Waals surface area contributed by atoms with Crippen LogP contribution >= 0.6 is 0 Å². The molecule has 0 unspecified atom stereocenters. The molecule has 3 heterocycles. The van der Waals surface area contributed by atoms with E-state index in [4.69, 9.17) is 4.74 Å². The molecule has 3 rings (SSSR count). The lowest BCUT2D eigenvalue weighted by atomic mass is 9.98. The highest BCUT2D eigenvalue weighted by molar-refractivity contribution is 5.86. The Hall–Kier alpha value is -2.18. The van der Waals surface area contributed by atoms with Crippen molar-refractivity contribution in [1.82, 2.24) is 20.2 Å². The van der Waals surface area contributed by atoms with E-state index < -0.39 is 0 Å². The van der Waals surface area contributed by atoms with E-state index in [0.29, 0.717) is 18.8 Å². The number of aromatic nitrogens is 4. The van der Waals surface area contributed by atoms with E-state index in [1.54, 1.807) is 6.20 Å². The van der Waals surface area contributed by atoms with E-state index >= 15 is 0 Å². The van der Waals surface area contributed by atoms with Crippen molar-refractivity contribution in [3.63, 3.8) is 0 Å². The van der Waals surface area contributed by atoms with E-state index in [9.17, 15) is 4.79 Å². The number of aromatic amines is 1. The zero-order chi connectivity index (χ0) is 13.9. The number of anilines is 1. The van der Waals surface area contributed by atoms with Crippen LogP contribution in [-0.4, -0.2) is 45.8 Å². The first-order chi connectivity index (χ1) is 9.79. The Morgan fingerprint density at radius 2 is 2.45 bits per heavy atom. The number of hydrogen-bond acceptors (Lipinski definition) is 6. The Bertz CT molecular complexity index is 612. The normalized spacial score (nSPS) is 19.2. The molecule has 0 amide bonds. The summed E-state index contributed by atoms with van der Waals surface area (Å²) in [5.74, 6) is 0.632. The summed E-state index contributed by atoms with van der Waals surface area (Å²) in [6, 6.07) is 0. The van der Waals surface area contributed by atoms with Crippen molar-refractivity contribution in [1.29, 1.82) is 0 Å². The lowest BCUT2D eigenvalue weighted by Crippen LogP contribution is -2.40. The molecule has 1 aliphatic heterocycles. The van der Waals surface area contributed by atoms with Gasteiger partial charge in [-0.15, -0.1) is 0 Å². The van der Waals surface area contributed by atoms with Crippen LogP contribution in [0.3, 0.4) is 0 Å². The highest BCUT2D eigenvalue weighted by Crippen LogP contribution is 2.26. The maximum Gasteiger partial charge on any atom is 0.310 e. The number of rotatable bonds is 3. The standard InChI is InChI=1S/C13H17N5O2/c1-2-20-13(19)9-4-3-5-18(7-9)12-10-6-16-17-11(10)14-8-15-12/h6,8-9H,2-5,7H2,1H3,(H,14,15,16,17)/t9-/m1/s1. The number of hydrogen-bond donors (Lipinski definition) is 1. The molecular formula is C13H17N5O2. The van der Waals surface area contributed by atoms with Crippen LogP contribution < -0.4 is 4.90 Å². The minimum Gasteiger partial charge on any atom is -0.466 e. The highest BCUT2D eigenvalue weighted by atomic mass is 16.5. The first kappa shape index (κ1) is 12.8. The second kappa shape index (κ2) is 5.44. The van der Waals surface area contributed by atoms with Crippen LogP contribution in [0, 0.1) is 5.92 Å². The van der Waals surface area contributed by atoms with Crippen LogP contribution in [-0.2, 0) is 9.53 Å². The smallest absolute Gasteiger partial charge is 0.310 e. The molecule has 0 spiro atoms.